The highest BCUT2D eigenvalue weighted by molar-refractivity contribution is 7.49. The topological polar surface area (TPSA) is 107 Å². The number of nitrogens with zero attached hydrogens (tertiary/aromatic N) is 1. The second kappa shape index (κ2) is 7.47. The quantitative estimate of drug-likeness (QED) is 0.684. The first-order chi connectivity index (χ1) is 15.2. The van der Waals surface area contributed by atoms with Crippen LogP contribution in [-0.4, -0.2) is 40.6 Å². The van der Waals surface area contributed by atoms with E-state index in [9.17, 15) is 14.5 Å². The number of aliphatic hydroxyl groups is 1. The number of carbonyl (C=O) groups excluding carboxylic acids is 1. The lowest BCUT2D eigenvalue weighted by Crippen LogP contribution is -2.45. The lowest BCUT2D eigenvalue weighted by Gasteiger charge is -2.33. The first-order valence-electron chi connectivity index (χ1n) is 10.5. The van der Waals surface area contributed by atoms with E-state index in [4.69, 9.17) is 22.4 Å². The number of nitrogens with one attached hydrogen (secondary N) is 1. The summed E-state index contributed by atoms with van der Waals surface area (Å²) in [5, 5.41) is 12.7. The predicted octanol–water partition coefficient (Wildman–Crippen LogP) is 2.53. The average Bonchev–Trinajstić information content (AvgIpc) is 2.92. The Morgan fingerprint density at radius 2 is 2.33 bits per heavy atom. The third-order valence-electron chi connectivity index (χ3n) is 4.57. The number of hydrogen-bond donors (Lipinski definition) is 2. The van der Waals surface area contributed by atoms with E-state index in [1.165, 1.54) is 0 Å². The normalized spacial score (nSPS) is 37.7. The Labute approximate surface area is 176 Å². The maximum atomic E-state index is 15.7. The van der Waals surface area contributed by atoms with Crippen LogP contribution in [0.4, 0.5) is 4.39 Å². The Balaban J connectivity index is 1.58. The number of benzene rings is 1. The average molecular weight is 443 g/mol. The van der Waals surface area contributed by atoms with Gasteiger partial charge in [0.25, 0.3) is 5.91 Å². The van der Waals surface area contributed by atoms with Gasteiger partial charge >= 0.3 is 7.82 Å². The standard InChI is InChI=1S/C19H22FN2O7P/c1-11-6-12(2)17-14(7-11)9-26-30(25,29-17)27-10-19(20)8-15(23)18(28-19)22-5-4-16(24)21-13(22)3/h4-7,15,18,23H,3,8-10H2,1-2H3,(H,21,24)/t15-,18-,19+,30?/m1/s1/i10D2,18D. The molecule has 0 aliphatic carbocycles. The van der Waals surface area contributed by atoms with Gasteiger partial charge in [0.1, 0.15) is 24.2 Å². The van der Waals surface area contributed by atoms with E-state index in [0.717, 1.165) is 22.7 Å². The van der Waals surface area contributed by atoms with Crippen molar-refractivity contribution in [2.45, 2.75) is 45.0 Å². The molecule has 3 aliphatic heterocycles. The van der Waals surface area contributed by atoms with Gasteiger partial charge in [-0.1, -0.05) is 24.3 Å². The number of phosphoric ester groups is 1. The fraction of sp³-hybridized carbons (Fsp3) is 0.421. The van der Waals surface area contributed by atoms with Gasteiger partial charge in [0.05, 0.1) is 10.7 Å². The molecule has 0 aromatic heterocycles. The number of amides is 1. The summed E-state index contributed by atoms with van der Waals surface area (Å²) in [6.07, 6.45) is -3.57. The van der Waals surface area contributed by atoms with Crippen LogP contribution in [0.2, 0.25) is 0 Å². The predicted molar refractivity (Wildman–Crippen MR) is 102 cm³/mol. The Hall–Kier alpha value is -2.23. The molecule has 3 heterocycles. The number of fused-ring (bicyclic) bond motifs is 1. The second-order valence-electron chi connectivity index (χ2n) is 7.09. The lowest BCUT2D eigenvalue weighted by atomic mass is 10.1. The van der Waals surface area contributed by atoms with Crippen molar-refractivity contribution in [1.82, 2.24) is 10.2 Å². The van der Waals surface area contributed by atoms with Crippen LogP contribution in [0, 0.1) is 13.8 Å². The van der Waals surface area contributed by atoms with Gasteiger partial charge in [-0.25, -0.2) is 8.96 Å². The van der Waals surface area contributed by atoms with Crippen molar-refractivity contribution in [3.05, 3.63) is 53.5 Å². The molecule has 1 fully saturated rings. The molecule has 11 heteroatoms. The molecular formula is C19H22FN2O7P. The van der Waals surface area contributed by atoms with E-state index in [0.29, 0.717) is 11.1 Å². The van der Waals surface area contributed by atoms with E-state index < -0.39 is 44.9 Å². The summed E-state index contributed by atoms with van der Waals surface area (Å²) in [6.45, 7) is 3.35. The van der Waals surface area contributed by atoms with Gasteiger partial charge in [0, 0.05) is 24.3 Å². The minimum atomic E-state index is -4.66. The van der Waals surface area contributed by atoms with Crippen molar-refractivity contribution in [2.24, 2.45) is 0 Å². The highest BCUT2D eigenvalue weighted by atomic mass is 31.2. The number of hydrogen-bond acceptors (Lipinski definition) is 8. The SMILES string of the molecule is [2H]C([2H])(OP1(=O)OCc2cc(C)cc(C)c2O1)[C@]1(F)C[C@@H](O)[C@]([2H])(N2C=CC(=O)NC2=C)O1. The number of carbonyl (C=O) groups is 1. The monoisotopic (exact) mass is 443 g/mol. The minimum Gasteiger partial charge on any atom is -0.403 e. The Kier molecular flexibility index (Phi) is 4.35. The van der Waals surface area contributed by atoms with Gasteiger partial charge < -0.3 is 24.6 Å². The number of rotatable bonds is 4. The molecule has 9 nitrogen and oxygen atoms in total. The van der Waals surface area contributed by atoms with E-state index in [2.05, 4.69) is 11.9 Å². The van der Waals surface area contributed by atoms with Crippen LogP contribution in [0.5, 0.6) is 5.75 Å². The van der Waals surface area contributed by atoms with Crippen LogP contribution in [0.3, 0.4) is 0 Å². The van der Waals surface area contributed by atoms with Crippen molar-refractivity contribution >= 4 is 13.7 Å². The summed E-state index contributed by atoms with van der Waals surface area (Å²) in [4.78, 5) is 12.3. The summed E-state index contributed by atoms with van der Waals surface area (Å²) in [7, 11) is -4.66. The van der Waals surface area contributed by atoms with Gasteiger partial charge in [0.15, 0.2) is 6.20 Å². The van der Waals surface area contributed by atoms with Gasteiger partial charge in [-0.2, -0.15) is 0 Å². The van der Waals surface area contributed by atoms with Crippen LogP contribution in [0.1, 0.15) is 27.2 Å². The number of ether oxygens (including phenoxy) is 1. The second-order valence-corrected chi connectivity index (χ2v) is 8.60. The van der Waals surface area contributed by atoms with Crippen molar-refractivity contribution in [1.29, 1.82) is 0 Å². The molecule has 1 amide bonds. The smallest absolute Gasteiger partial charge is 0.403 e. The molecule has 1 saturated heterocycles. The van der Waals surface area contributed by atoms with Crippen LogP contribution < -0.4 is 9.84 Å². The molecule has 1 aromatic rings. The molecule has 3 aliphatic rings. The zero-order valence-electron chi connectivity index (χ0n) is 19.2. The summed E-state index contributed by atoms with van der Waals surface area (Å²) in [5.74, 6) is -4.04. The molecule has 0 radical (unpaired) electrons. The molecule has 162 valence electrons. The highest BCUT2D eigenvalue weighted by Gasteiger charge is 2.51. The summed E-state index contributed by atoms with van der Waals surface area (Å²) < 4.78 is 73.8. The molecule has 4 rings (SSSR count). The molecule has 1 unspecified atom stereocenters. The van der Waals surface area contributed by atoms with Gasteiger partial charge in [0.2, 0.25) is 5.85 Å². The van der Waals surface area contributed by atoms with Crippen LogP contribution in [0.25, 0.3) is 0 Å². The van der Waals surface area contributed by atoms with Crippen molar-refractivity contribution in [3.8, 4) is 5.75 Å². The van der Waals surface area contributed by atoms with Gasteiger partial charge in [-0.3, -0.25) is 13.8 Å². The molecule has 30 heavy (non-hydrogen) atoms. The minimum absolute atomic E-state index is 0.173. The largest absolute Gasteiger partial charge is 0.530 e. The van der Waals surface area contributed by atoms with E-state index >= 15 is 4.39 Å². The number of aliphatic hydroxyl groups excluding tert-OH is 1. The number of aryl methyl sites for hydroxylation is 2. The Morgan fingerprint density at radius 1 is 1.57 bits per heavy atom. The number of halogens is 1. The van der Waals surface area contributed by atoms with E-state index in [-0.39, 0.29) is 18.2 Å². The molecule has 0 bridgehead atoms. The van der Waals surface area contributed by atoms with Gasteiger partial charge in [-0.15, -0.1) is 0 Å². The number of phosphoric acid groups is 1. The molecule has 1 aromatic carbocycles. The Bertz CT molecular complexity index is 1120. The molecule has 0 spiro atoms. The van der Waals surface area contributed by atoms with Crippen LogP contribution >= 0.6 is 7.82 Å². The summed E-state index contributed by atoms with van der Waals surface area (Å²) in [6, 6.07) is 3.49. The van der Waals surface area contributed by atoms with Gasteiger partial charge in [-0.05, 0) is 19.4 Å². The van der Waals surface area contributed by atoms with Crippen molar-refractivity contribution in [2.75, 3.05) is 6.56 Å². The summed E-state index contributed by atoms with van der Waals surface area (Å²) >= 11 is 0. The fourth-order valence-corrected chi connectivity index (χ4v) is 4.48. The molecular weight excluding hydrogens is 418 g/mol. The van der Waals surface area contributed by atoms with Crippen LogP contribution in [-0.2, 0) is 29.8 Å². The molecule has 0 saturated carbocycles. The third kappa shape index (κ3) is 4.01. The van der Waals surface area contributed by atoms with Crippen molar-refractivity contribution in [3.63, 3.8) is 0 Å². The lowest BCUT2D eigenvalue weighted by molar-refractivity contribution is -0.184. The molecule has 2 N–H and O–H groups in total. The van der Waals surface area contributed by atoms with Crippen molar-refractivity contribution < 1.29 is 41.3 Å². The first-order valence-corrected chi connectivity index (χ1v) is 10.4. The fourth-order valence-electron chi connectivity index (χ4n) is 3.30. The Morgan fingerprint density at radius 3 is 3.07 bits per heavy atom. The van der Waals surface area contributed by atoms with E-state index in [1.54, 1.807) is 19.1 Å². The zero-order chi connectivity index (χ0) is 24.4. The summed E-state index contributed by atoms with van der Waals surface area (Å²) in [5.41, 5.74) is 2.06. The maximum Gasteiger partial charge on any atom is 0.530 e. The van der Waals surface area contributed by atoms with Crippen LogP contribution in [0.15, 0.2) is 36.8 Å². The first kappa shape index (κ1) is 17.5. The highest BCUT2D eigenvalue weighted by Crippen LogP contribution is 2.56. The third-order valence-corrected chi connectivity index (χ3v) is 5.73. The number of alkyl halides is 1. The zero-order valence-corrected chi connectivity index (χ0v) is 17.1. The van der Waals surface area contributed by atoms with E-state index in [1.807, 2.05) is 6.92 Å². The molecule has 4 atom stereocenters. The maximum absolute atomic E-state index is 15.7.